The third-order valence-electron chi connectivity index (χ3n) is 2.88. The Kier molecular flexibility index (Phi) is 9.12. The lowest BCUT2D eigenvalue weighted by atomic mass is 10.1. The molecule has 0 aliphatic carbocycles. The summed E-state index contributed by atoms with van der Waals surface area (Å²) >= 11 is 0. The van der Waals surface area contributed by atoms with E-state index in [2.05, 4.69) is 44.8 Å². The topological polar surface area (TPSA) is 15.3 Å². The second kappa shape index (κ2) is 9.17. The Morgan fingerprint density at radius 3 is 2.13 bits per heavy atom. The lowest BCUT2D eigenvalue weighted by Crippen LogP contribution is -2.40. The summed E-state index contributed by atoms with van der Waals surface area (Å²) in [6.07, 6.45) is 3.75. The average Bonchev–Trinajstić information content (AvgIpc) is 2.20. The molecule has 92 valence electrons. The fourth-order valence-corrected chi connectivity index (χ4v) is 2.02. The van der Waals surface area contributed by atoms with Crippen LogP contribution in [0.4, 0.5) is 0 Å². The van der Waals surface area contributed by atoms with Crippen molar-refractivity contribution in [3.05, 3.63) is 0 Å². The van der Waals surface area contributed by atoms with E-state index in [-0.39, 0.29) is 0 Å². The molecule has 1 unspecified atom stereocenters. The van der Waals surface area contributed by atoms with Gasteiger partial charge in [0.05, 0.1) is 0 Å². The van der Waals surface area contributed by atoms with Gasteiger partial charge in [0.2, 0.25) is 0 Å². The lowest BCUT2D eigenvalue weighted by molar-refractivity contribution is 0.156. The van der Waals surface area contributed by atoms with Gasteiger partial charge in [0, 0.05) is 12.1 Å². The maximum Gasteiger partial charge on any atom is 0.00817 e. The summed E-state index contributed by atoms with van der Waals surface area (Å²) < 4.78 is 0. The Morgan fingerprint density at radius 1 is 1.00 bits per heavy atom. The van der Waals surface area contributed by atoms with Gasteiger partial charge in [0.15, 0.2) is 0 Å². The summed E-state index contributed by atoms with van der Waals surface area (Å²) in [6, 6.07) is 1.38. The molecule has 0 spiro atoms. The number of hydrogen-bond donors (Lipinski definition) is 1. The molecule has 0 saturated carbocycles. The minimum Gasteiger partial charge on any atom is -0.317 e. The molecular formula is C13H30N2. The van der Waals surface area contributed by atoms with Crippen molar-refractivity contribution in [1.29, 1.82) is 0 Å². The van der Waals surface area contributed by atoms with Crippen LogP contribution < -0.4 is 5.32 Å². The molecule has 15 heavy (non-hydrogen) atoms. The SMILES string of the molecule is CCCNCCC(C)N(CCC)C(C)C. The molecule has 0 saturated heterocycles. The quantitative estimate of drug-likeness (QED) is 0.594. The van der Waals surface area contributed by atoms with Crippen molar-refractivity contribution >= 4 is 0 Å². The van der Waals surface area contributed by atoms with Crippen LogP contribution in [0.15, 0.2) is 0 Å². The van der Waals surface area contributed by atoms with E-state index in [0.29, 0.717) is 12.1 Å². The van der Waals surface area contributed by atoms with Crippen molar-refractivity contribution in [3.63, 3.8) is 0 Å². The fourth-order valence-electron chi connectivity index (χ4n) is 2.02. The van der Waals surface area contributed by atoms with E-state index in [1.807, 2.05) is 0 Å². The third-order valence-corrected chi connectivity index (χ3v) is 2.88. The number of nitrogens with one attached hydrogen (secondary N) is 1. The predicted octanol–water partition coefficient (Wildman–Crippen LogP) is 2.89. The molecule has 0 aromatic heterocycles. The molecule has 0 aliphatic heterocycles. The molecule has 1 atom stereocenters. The lowest BCUT2D eigenvalue weighted by Gasteiger charge is -2.32. The van der Waals surface area contributed by atoms with Crippen molar-refractivity contribution in [3.8, 4) is 0 Å². The van der Waals surface area contributed by atoms with Crippen molar-refractivity contribution in [2.24, 2.45) is 0 Å². The first-order chi connectivity index (χ1) is 7.13. The first-order valence-corrected chi connectivity index (χ1v) is 6.59. The van der Waals surface area contributed by atoms with Gasteiger partial charge in [-0.3, -0.25) is 4.90 Å². The highest BCUT2D eigenvalue weighted by Crippen LogP contribution is 2.08. The summed E-state index contributed by atoms with van der Waals surface area (Å²) in [5.41, 5.74) is 0. The molecule has 0 amide bonds. The Balaban J connectivity index is 3.76. The number of rotatable bonds is 9. The zero-order valence-corrected chi connectivity index (χ0v) is 11.3. The van der Waals surface area contributed by atoms with Gasteiger partial charge in [-0.15, -0.1) is 0 Å². The van der Waals surface area contributed by atoms with Crippen molar-refractivity contribution in [2.75, 3.05) is 19.6 Å². The van der Waals surface area contributed by atoms with Crippen LogP contribution in [-0.2, 0) is 0 Å². The molecule has 1 N–H and O–H groups in total. The first-order valence-electron chi connectivity index (χ1n) is 6.59. The zero-order chi connectivity index (χ0) is 11.7. The largest absolute Gasteiger partial charge is 0.317 e. The Morgan fingerprint density at radius 2 is 1.67 bits per heavy atom. The van der Waals surface area contributed by atoms with E-state index < -0.39 is 0 Å². The maximum atomic E-state index is 3.48. The average molecular weight is 214 g/mol. The van der Waals surface area contributed by atoms with Crippen LogP contribution in [0.1, 0.15) is 53.9 Å². The predicted molar refractivity (Wildman–Crippen MR) is 69.4 cm³/mol. The van der Waals surface area contributed by atoms with Gasteiger partial charge in [-0.25, -0.2) is 0 Å². The molecule has 2 nitrogen and oxygen atoms in total. The van der Waals surface area contributed by atoms with E-state index in [1.54, 1.807) is 0 Å². The van der Waals surface area contributed by atoms with Gasteiger partial charge in [-0.05, 0) is 59.7 Å². The van der Waals surface area contributed by atoms with Gasteiger partial charge < -0.3 is 5.32 Å². The molecule has 0 bridgehead atoms. The Labute approximate surface area is 96.4 Å². The summed E-state index contributed by atoms with van der Waals surface area (Å²) in [7, 11) is 0. The molecule has 0 rings (SSSR count). The zero-order valence-electron chi connectivity index (χ0n) is 11.3. The standard InChI is InChI=1S/C13H30N2/c1-6-9-14-10-8-13(5)15(11-7-2)12(3)4/h12-14H,6-11H2,1-5H3. The highest BCUT2D eigenvalue weighted by Gasteiger charge is 2.15. The second-order valence-corrected chi connectivity index (χ2v) is 4.72. The van der Waals surface area contributed by atoms with Crippen LogP contribution in [0.3, 0.4) is 0 Å². The smallest absolute Gasteiger partial charge is 0.00817 e. The van der Waals surface area contributed by atoms with Crippen molar-refractivity contribution in [2.45, 2.75) is 66.0 Å². The molecule has 0 aliphatic rings. The highest BCUT2D eigenvalue weighted by molar-refractivity contribution is 4.71. The van der Waals surface area contributed by atoms with E-state index in [4.69, 9.17) is 0 Å². The summed E-state index contributed by atoms with van der Waals surface area (Å²) in [6.45, 7) is 15.0. The van der Waals surface area contributed by atoms with Crippen molar-refractivity contribution < 1.29 is 0 Å². The van der Waals surface area contributed by atoms with E-state index in [9.17, 15) is 0 Å². The summed E-state index contributed by atoms with van der Waals surface area (Å²) in [4.78, 5) is 2.60. The van der Waals surface area contributed by atoms with Crippen LogP contribution in [0, 0.1) is 0 Å². The van der Waals surface area contributed by atoms with Gasteiger partial charge in [0.25, 0.3) is 0 Å². The van der Waals surface area contributed by atoms with Gasteiger partial charge in [-0.1, -0.05) is 13.8 Å². The Bertz CT molecular complexity index is 134. The first kappa shape index (κ1) is 14.9. The second-order valence-electron chi connectivity index (χ2n) is 4.72. The summed E-state index contributed by atoms with van der Waals surface area (Å²) in [5.74, 6) is 0. The molecule has 0 radical (unpaired) electrons. The molecule has 0 heterocycles. The summed E-state index contributed by atoms with van der Waals surface area (Å²) in [5, 5.41) is 3.48. The fraction of sp³-hybridized carbons (Fsp3) is 1.00. The van der Waals surface area contributed by atoms with Gasteiger partial charge >= 0.3 is 0 Å². The Hall–Kier alpha value is -0.0800. The van der Waals surface area contributed by atoms with E-state index >= 15 is 0 Å². The maximum absolute atomic E-state index is 3.48. The molecule has 0 aromatic rings. The van der Waals surface area contributed by atoms with Crippen LogP contribution in [-0.4, -0.2) is 36.6 Å². The van der Waals surface area contributed by atoms with Crippen LogP contribution in [0.5, 0.6) is 0 Å². The van der Waals surface area contributed by atoms with Gasteiger partial charge in [-0.2, -0.15) is 0 Å². The minimum absolute atomic E-state index is 0.672. The monoisotopic (exact) mass is 214 g/mol. The van der Waals surface area contributed by atoms with E-state index in [0.717, 1.165) is 13.1 Å². The van der Waals surface area contributed by atoms with Crippen LogP contribution >= 0.6 is 0 Å². The van der Waals surface area contributed by atoms with E-state index in [1.165, 1.54) is 25.8 Å². The molecule has 0 aromatic carbocycles. The molecule has 0 fully saturated rings. The number of nitrogens with zero attached hydrogens (tertiary/aromatic N) is 1. The number of hydrogen-bond acceptors (Lipinski definition) is 2. The van der Waals surface area contributed by atoms with Gasteiger partial charge in [0.1, 0.15) is 0 Å². The third kappa shape index (κ3) is 6.91. The van der Waals surface area contributed by atoms with Crippen LogP contribution in [0.25, 0.3) is 0 Å². The molecule has 2 heteroatoms. The normalized spacial score (nSPS) is 13.8. The molecular weight excluding hydrogens is 184 g/mol. The van der Waals surface area contributed by atoms with Crippen LogP contribution in [0.2, 0.25) is 0 Å². The minimum atomic E-state index is 0.672. The highest BCUT2D eigenvalue weighted by atomic mass is 15.2. The van der Waals surface area contributed by atoms with Crippen molar-refractivity contribution in [1.82, 2.24) is 10.2 Å².